The molecule has 4 heteroatoms. The normalized spacial score (nSPS) is 10.4. The minimum absolute atomic E-state index is 0.349. The van der Waals surface area contributed by atoms with Crippen LogP contribution in [0.1, 0.15) is 0 Å². The summed E-state index contributed by atoms with van der Waals surface area (Å²) in [7, 11) is 1.96. The molecule has 0 spiro atoms. The molecule has 2 aromatic rings. The average Bonchev–Trinajstić information content (AvgIpc) is 2.74. The molecule has 0 bridgehead atoms. The van der Waals surface area contributed by atoms with Crippen LogP contribution >= 0.6 is 0 Å². The van der Waals surface area contributed by atoms with E-state index in [1.165, 1.54) is 0 Å². The van der Waals surface area contributed by atoms with Gasteiger partial charge in [-0.3, -0.25) is 0 Å². The highest BCUT2D eigenvalue weighted by atomic mass is 19.1. The number of alkyl halides is 1. The van der Waals surface area contributed by atoms with E-state index in [0.29, 0.717) is 6.54 Å². The molecule has 0 amide bonds. The van der Waals surface area contributed by atoms with E-state index in [4.69, 9.17) is 0 Å². The highest BCUT2D eigenvalue weighted by molar-refractivity contribution is 5.60. The lowest BCUT2D eigenvalue weighted by atomic mass is 10.2. The van der Waals surface area contributed by atoms with Gasteiger partial charge in [0.25, 0.3) is 0 Å². The largest absolute Gasteiger partial charge is 0.382 e. The zero-order valence-electron chi connectivity index (χ0n) is 9.15. The van der Waals surface area contributed by atoms with E-state index in [2.05, 4.69) is 10.3 Å². The molecule has 0 aliphatic rings. The van der Waals surface area contributed by atoms with Gasteiger partial charge in [0, 0.05) is 37.2 Å². The third-order valence-electron chi connectivity index (χ3n) is 2.39. The first-order chi connectivity index (χ1) is 7.81. The highest BCUT2D eigenvalue weighted by Crippen LogP contribution is 2.18. The maximum Gasteiger partial charge on any atom is 0.139 e. The van der Waals surface area contributed by atoms with Gasteiger partial charge in [0.05, 0.1) is 0 Å². The molecule has 84 valence electrons. The maximum atomic E-state index is 12.0. The lowest BCUT2D eigenvalue weighted by Crippen LogP contribution is -2.02. The molecule has 0 atom stereocenters. The fraction of sp³-hybridized carbons (Fsp3) is 0.250. The molecule has 1 heterocycles. The van der Waals surface area contributed by atoms with Crippen LogP contribution in [0.5, 0.6) is 0 Å². The summed E-state index contributed by atoms with van der Waals surface area (Å²) in [5, 5.41) is 2.98. The quantitative estimate of drug-likeness (QED) is 0.856. The summed E-state index contributed by atoms with van der Waals surface area (Å²) in [6, 6.07) is 7.81. The number of benzene rings is 1. The van der Waals surface area contributed by atoms with Crippen molar-refractivity contribution in [2.75, 3.05) is 18.5 Å². The van der Waals surface area contributed by atoms with Crippen molar-refractivity contribution < 1.29 is 4.39 Å². The van der Waals surface area contributed by atoms with Gasteiger partial charge in [-0.2, -0.15) is 0 Å². The van der Waals surface area contributed by atoms with Crippen molar-refractivity contribution >= 4 is 5.69 Å². The highest BCUT2D eigenvalue weighted by Gasteiger charge is 2.02. The van der Waals surface area contributed by atoms with Gasteiger partial charge >= 0.3 is 0 Å². The number of hydrogen-bond acceptors (Lipinski definition) is 2. The molecule has 1 aromatic carbocycles. The van der Waals surface area contributed by atoms with Crippen LogP contribution in [0, 0.1) is 0 Å². The number of rotatable bonds is 4. The van der Waals surface area contributed by atoms with Crippen molar-refractivity contribution in [2.45, 2.75) is 0 Å². The Labute approximate surface area is 93.9 Å². The van der Waals surface area contributed by atoms with E-state index >= 15 is 0 Å². The second-order valence-corrected chi connectivity index (χ2v) is 3.55. The number of nitrogens with one attached hydrogen (secondary N) is 1. The Morgan fingerprint density at radius 2 is 2.06 bits per heavy atom. The van der Waals surface area contributed by atoms with Crippen LogP contribution in [-0.2, 0) is 7.05 Å². The molecule has 16 heavy (non-hydrogen) atoms. The summed E-state index contributed by atoms with van der Waals surface area (Å²) >= 11 is 0. The Bertz CT molecular complexity index is 448. The first kappa shape index (κ1) is 10.7. The van der Waals surface area contributed by atoms with Crippen molar-refractivity contribution in [3.63, 3.8) is 0 Å². The van der Waals surface area contributed by atoms with Crippen LogP contribution in [0.15, 0.2) is 36.7 Å². The Kier molecular flexibility index (Phi) is 3.19. The van der Waals surface area contributed by atoms with Gasteiger partial charge in [-0.15, -0.1) is 0 Å². The maximum absolute atomic E-state index is 12.0. The zero-order valence-corrected chi connectivity index (χ0v) is 9.15. The van der Waals surface area contributed by atoms with Gasteiger partial charge in [-0.1, -0.05) is 0 Å². The molecule has 0 saturated heterocycles. The Balaban J connectivity index is 2.16. The SMILES string of the molecule is Cn1ccnc1-c1ccc(NCCF)cc1. The molecule has 0 aliphatic heterocycles. The molecular formula is C12H14FN3. The number of halogens is 1. The first-order valence-electron chi connectivity index (χ1n) is 5.19. The summed E-state index contributed by atoms with van der Waals surface area (Å²) in [5.74, 6) is 0.928. The lowest BCUT2D eigenvalue weighted by Gasteiger charge is -2.05. The van der Waals surface area contributed by atoms with Gasteiger partial charge in [0.15, 0.2) is 0 Å². The predicted molar refractivity (Wildman–Crippen MR) is 63.1 cm³/mol. The van der Waals surface area contributed by atoms with Crippen molar-refractivity contribution in [1.82, 2.24) is 9.55 Å². The molecule has 3 nitrogen and oxygen atoms in total. The van der Waals surface area contributed by atoms with E-state index in [9.17, 15) is 4.39 Å². The van der Waals surface area contributed by atoms with Crippen LogP contribution in [0.3, 0.4) is 0 Å². The molecule has 1 aromatic heterocycles. The molecule has 0 saturated carbocycles. The van der Waals surface area contributed by atoms with Gasteiger partial charge < -0.3 is 9.88 Å². The van der Waals surface area contributed by atoms with Crippen LogP contribution in [0.4, 0.5) is 10.1 Å². The predicted octanol–water partition coefficient (Wildman–Crippen LogP) is 2.47. The molecule has 0 radical (unpaired) electrons. The summed E-state index contributed by atoms with van der Waals surface area (Å²) in [5.41, 5.74) is 1.98. The van der Waals surface area contributed by atoms with Gasteiger partial charge in [0.2, 0.25) is 0 Å². The Morgan fingerprint density at radius 1 is 1.31 bits per heavy atom. The number of imidazole rings is 1. The molecule has 1 N–H and O–H groups in total. The smallest absolute Gasteiger partial charge is 0.139 e. The summed E-state index contributed by atoms with van der Waals surface area (Å²) in [6.07, 6.45) is 3.68. The van der Waals surface area contributed by atoms with Crippen LogP contribution in [-0.4, -0.2) is 22.8 Å². The topological polar surface area (TPSA) is 29.9 Å². The van der Waals surface area contributed by atoms with E-state index in [1.807, 2.05) is 42.1 Å². The third-order valence-corrected chi connectivity index (χ3v) is 2.39. The lowest BCUT2D eigenvalue weighted by molar-refractivity contribution is 0.513. The number of aromatic nitrogens is 2. The van der Waals surface area contributed by atoms with E-state index in [1.54, 1.807) is 6.20 Å². The van der Waals surface area contributed by atoms with E-state index in [0.717, 1.165) is 17.1 Å². The molecule has 2 rings (SSSR count). The molecule has 0 aliphatic carbocycles. The van der Waals surface area contributed by atoms with Crippen molar-refractivity contribution in [2.24, 2.45) is 7.05 Å². The Hall–Kier alpha value is -1.84. The third kappa shape index (κ3) is 2.21. The summed E-state index contributed by atoms with van der Waals surface area (Å²) in [6.45, 7) is -0.0110. The van der Waals surface area contributed by atoms with Crippen molar-refractivity contribution in [1.29, 1.82) is 0 Å². The van der Waals surface area contributed by atoms with Gasteiger partial charge in [0.1, 0.15) is 12.5 Å². The summed E-state index contributed by atoms with van der Waals surface area (Å²) in [4.78, 5) is 4.26. The average molecular weight is 219 g/mol. The standard InChI is InChI=1S/C12H14FN3/c1-16-9-8-15-12(16)10-2-4-11(5-3-10)14-7-6-13/h2-5,8-9,14H,6-7H2,1H3. The van der Waals surface area contributed by atoms with E-state index < -0.39 is 0 Å². The van der Waals surface area contributed by atoms with Crippen molar-refractivity contribution in [3.8, 4) is 11.4 Å². The number of anilines is 1. The fourth-order valence-electron chi connectivity index (χ4n) is 1.57. The second-order valence-electron chi connectivity index (χ2n) is 3.55. The molecule has 0 unspecified atom stereocenters. The molecular weight excluding hydrogens is 205 g/mol. The number of hydrogen-bond donors (Lipinski definition) is 1. The van der Waals surface area contributed by atoms with Gasteiger partial charge in [-0.25, -0.2) is 9.37 Å². The Morgan fingerprint density at radius 3 is 2.62 bits per heavy atom. The first-order valence-corrected chi connectivity index (χ1v) is 5.19. The minimum Gasteiger partial charge on any atom is -0.382 e. The monoisotopic (exact) mass is 219 g/mol. The minimum atomic E-state index is -0.360. The van der Waals surface area contributed by atoms with Gasteiger partial charge in [-0.05, 0) is 24.3 Å². The summed E-state index contributed by atoms with van der Waals surface area (Å²) < 4.78 is 13.9. The molecule has 0 fully saturated rings. The second kappa shape index (κ2) is 4.79. The van der Waals surface area contributed by atoms with Crippen molar-refractivity contribution in [3.05, 3.63) is 36.7 Å². The number of nitrogens with zero attached hydrogens (tertiary/aromatic N) is 2. The van der Waals surface area contributed by atoms with Crippen LogP contribution < -0.4 is 5.32 Å². The fourth-order valence-corrected chi connectivity index (χ4v) is 1.57. The van der Waals surface area contributed by atoms with Crippen LogP contribution in [0.2, 0.25) is 0 Å². The number of aryl methyl sites for hydroxylation is 1. The zero-order chi connectivity index (χ0) is 11.4. The van der Waals surface area contributed by atoms with Crippen LogP contribution in [0.25, 0.3) is 11.4 Å². The van der Waals surface area contributed by atoms with E-state index in [-0.39, 0.29) is 6.67 Å².